The molecule has 1 fully saturated rings. The van der Waals surface area contributed by atoms with Gasteiger partial charge in [0.05, 0.1) is 12.8 Å². The Hall–Kier alpha value is -1.75. The van der Waals surface area contributed by atoms with E-state index in [9.17, 15) is 4.79 Å². The Kier molecular flexibility index (Phi) is 4.63. The molecule has 5 heteroatoms. The van der Waals surface area contributed by atoms with Crippen molar-refractivity contribution in [3.63, 3.8) is 0 Å². The maximum absolute atomic E-state index is 12.2. The number of hydrogen-bond acceptors (Lipinski definition) is 4. The van der Waals surface area contributed by atoms with Gasteiger partial charge in [0.25, 0.3) is 0 Å². The number of nitrogens with one attached hydrogen (secondary N) is 2. The Balaban J connectivity index is 2.34. The number of anilines is 1. The van der Waals surface area contributed by atoms with Crippen LogP contribution in [0.5, 0.6) is 5.75 Å². The first-order valence-corrected chi connectivity index (χ1v) is 6.60. The number of carbonyl (C=O) groups is 1. The minimum absolute atomic E-state index is 0.0674. The molecule has 5 nitrogen and oxygen atoms in total. The maximum Gasteiger partial charge on any atom is 0.244 e. The summed E-state index contributed by atoms with van der Waals surface area (Å²) >= 11 is 0. The van der Waals surface area contributed by atoms with Gasteiger partial charge in [0, 0.05) is 19.6 Å². The van der Waals surface area contributed by atoms with Crippen LogP contribution in [-0.2, 0) is 4.79 Å². The van der Waals surface area contributed by atoms with Crippen LogP contribution in [0.2, 0.25) is 0 Å². The molecular formula is C14H21N3O2. The van der Waals surface area contributed by atoms with Gasteiger partial charge in [0.2, 0.25) is 5.91 Å². The molecule has 0 aromatic heterocycles. The first-order valence-electron chi connectivity index (χ1n) is 6.60. The molecule has 1 aliphatic heterocycles. The average molecular weight is 263 g/mol. The van der Waals surface area contributed by atoms with E-state index in [0.29, 0.717) is 6.54 Å². The number of nitrogens with zero attached hydrogens (tertiary/aromatic N) is 1. The van der Waals surface area contributed by atoms with Crippen molar-refractivity contribution in [1.29, 1.82) is 0 Å². The van der Waals surface area contributed by atoms with Crippen LogP contribution in [0.4, 0.5) is 5.69 Å². The average Bonchev–Trinajstić information content (AvgIpc) is 2.62. The van der Waals surface area contributed by atoms with Gasteiger partial charge in [0.15, 0.2) is 0 Å². The number of amides is 1. The highest BCUT2D eigenvalue weighted by atomic mass is 16.5. The van der Waals surface area contributed by atoms with E-state index in [4.69, 9.17) is 4.74 Å². The van der Waals surface area contributed by atoms with Crippen LogP contribution >= 0.6 is 0 Å². The summed E-state index contributed by atoms with van der Waals surface area (Å²) in [4.78, 5) is 14.3. The predicted molar refractivity (Wildman–Crippen MR) is 75.7 cm³/mol. The predicted octanol–water partition coefficient (Wildman–Crippen LogP) is 0.610. The van der Waals surface area contributed by atoms with Gasteiger partial charge in [-0.05, 0) is 25.6 Å². The molecule has 1 atom stereocenters. The van der Waals surface area contributed by atoms with Crippen LogP contribution in [0.1, 0.15) is 6.42 Å². The second kappa shape index (κ2) is 6.43. The molecule has 2 rings (SSSR count). The number of likely N-dealkylation sites (N-methyl/N-ethyl adjacent to an activating group) is 1. The van der Waals surface area contributed by atoms with E-state index >= 15 is 0 Å². The Morgan fingerprint density at radius 2 is 2.26 bits per heavy atom. The summed E-state index contributed by atoms with van der Waals surface area (Å²) < 4.78 is 5.41. The number of methoxy groups -OCH3 is 1. The highest BCUT2D eigenvalue weighted by molar-refractivity contribution is 5.86. The lowest BCUT2D eigenvalue weighted by molar-refractivity contribution is -0.121. The van der Waals surface area contributed by atoms with Crippen LogP contribution in [0, 0.1) is 0 Å². The molecule has 1 heterocycles. The third-order valence-electron chi connectivity index (χ3n) is 3.35. The summed E-state index contributed by atoms with van der Waals surface area (Å²) in [5.41, 5.74) is 0.974. The zero-order valence-electron chi connectivity index (χ0n) is 11.5. The summed E-state index contributed by atoms with van der Waals surface area (Å²) in [6, 6.07) is 7.63. The Morgan fingerprint density at radius 1 is 1.47 bits per heavy atom. The van der Waals surface area contributed by atoms with E-state index in [-0.39, 0.29) is 11.9 Å². The fourth-order valence-corrected chi connectivity index (χ4v) is 2.43. The maximum atomic E-state index is 12.2. The fourth-order valence-electron chi connectivity index (χ4n) is 2.43. The second-order valence-corrected chi connectivity index (χ2v) is 4.58. The molecule has 0 bridgehead atoms. The quantitative estimate of drug-likeness (QED) is 0.836. The van der Waals surface area contributed by atoms with Gasteiger partial charge in [-0.15, -0.1) is 0 Å². The Bertz CT molecular complexity index is 436. The molecule has 104 valence electrons. The zero-order chi connectivity index (χ0) is 13.7. The lowest BCUT2D eigenvalue weighted by Crippen LogP contribution is -2.49. The highest BCUT2D eigenvalue weighted by Gasteiger charge is 2.29. The van der Waals surface area contributed by atoms with Crippen molar-refractivity contribution < 1.29 is 9.53 Å². The van der Waals surface area contributed by atoms with Crippen molar-refractivity contribution in [1.82, 2.24) is 10.6 Å². The standard InChI is InChI=1S/C14H21N3O2/c1-15-10-12-14(18)16-8-5-9-17(12)11-6-3-4-7-13(11)19-2/h3-4,6-7,12,15H,5,8-10H2,1-2H3,(H,16,18). The number of benzene rings is 1. The summed E-state index contributed by atoms with van der Waals surface area (Å²) in [5, 5.41) is 6.04. The lowest BCUT2D eigenvalue weighted by atomic mass is 10.1. The second-order valence-electron chi connectivity index (χ2n) is 4.58. The molecule has 0 radical (unpaired) electrons. The third kappa shape index (κ3) is 2.98. The van der Waals surface area contributed by atoms with Crippen molar-refractivity contribution in [3.05, 3.63) is 24.3 Å². The lowest BCUT2D eigenvalue weighted by Gasteiger charge is -2.31. The summed E-state index contributed by atoms with van der Waals surface area (Å²) in [6.45, 7) is 2.18. The SMILES string of the molecule is CNCC1C(=O)NCCCN1c1ccccc1OC. The monoisotopic (exact) mass is 263 g/mol. The molecule has 0 aliphatic carbocycles. The van der Waals surface area contributed by atoms with Gasteiger partial charge < -0.3 is 20.3 Å². The van der Waals surface area contributed by atoms with Crippen molar-refractivity contribution >= 4 is 11.6 Å². The largest absolute Gasteiger partial charge is 0.495 e. The van der Waals surface area contributed by atoms with Gasteiger partial charge in [-0.1, -0.05) is 12.1 Å². The molecule has 1 amide bonds. The van der Waals surface area contributed by atoms with E-state index in [1.54, 1.807) is 7.11 Å². The molecule has 1 saturated heterocycles. The van der Waals surface area contributed by atoms with Gasteiger partial charge >= 0.3 is 0 Å². The number of carbonyl (C=O) groups excluding carboxylic acids is 1. The molecule has 19 heavy (non-hydrogen) atoms. The highest BCUT2D eigenvalue weighted by Crippen LogP contribution is 2.29. The number of ether oxygens (including phenoxy) is 1. The molecule has 1 aromatic carbocycles. The van der Waals surface area contributed by atoms with E-state index in [2.05, 4.69) is 15.5 Å². The van der Waals surface area contributed by atoms with E-state index in [1.807, 2.05) is 31.3 Å². The van der Waals surface area contributed by atoms with Crippen LogP contribution in [0.15, 0.2) is 24.3 Å². The fraction of sp³-hybridized carbons (Fsp3) is 0.500. The van der Waals surface area contributed by atoms with Crippen molar-refractivity contribution in [2.75, 3.05) is 38.7 Å². The van der Waals surface area contributed by atoms with Gasteiger partial charge in [-0.3, -0.25) is 4.79 Å². The first-order chi connectivity index (χ1) is 9.27. The van der Waals surface area contributed by atoms with Crippen molar-refractivity contribution in [3.8, 4) is 5.75 Å². The number of hydrogen-bond donors (Lipinski definition) is 2. The summed E-state index contributed by atoms with van der Waals surface area (Å²) in [6.07, 6.45) is 0.935. The van der Waals surface area contributed by atoms with E-state index in [1.165, 1.54) is 0 Å². The van der Waals surface area contributed by atoms with Crippen molar-refractivity contribution in [2.24, 2.45) is 0 Å². The zero-order valence-corrected chi connectivity index (χ0v) is 11.5. The molecule has 1 aromatic rings. The number of rotatable bonds is 4. The van der Waals surface area contributed by atoms with Crippen LogP contribution in [0.25, 0.3) is 0 Å². The molecule has 2 N–H and O–H groups in total. The summed E-state index contributed by atoms with van der Waals surface area (Å²) in [5.74, 6) is 0.871. The minimum Gasteiger partial charge on any atom is -0.495 e. The normalized spacial score (nSPS) is 19.8. The number of para-hydroxylation sites is 2. The summed E-state index contributed by atoms with van der Waals surface area (Å²) in [7, 11) is 3.52. The topological polar surface area (TPSA) is 53.6 Å². The molecule has 1 unspecified atom stereocenters. The third-order valence-corrected chi connectivity index (χ3v) is 3.35. The first kappa shape index (κ1) is 13.7. The molecular weight excluding hydrogens is 242 g/mol. The minimum atomic E-state index is -0.205. The van der Waals surface area contributed by atoms with Gasteiger partial charge in [-0.2, -0.15) is 0 Å². The molecule has 0 saturated carbocycles. The van der Waals surface area contributed by atoms with E-state index in [0.717, 1.165) is 30.9 Å². The van der Waals surface area contributed by atoms with Crippen LogP contribution < -0.4 is 20.3 Å². The smallest absolute Gasteiger partial charge is 0.244 e. The van der Waals surface area contributed by atoms with Crippen molar-refractivity contribution in [2.45, 2.75) is 12.5 Å². The van der Waals surface area contributed by atoms with Gasteiger partial charge in [-0.25, -0.2) is 0 Å². The van der Waals surface area contributed by atoms with Crippen LogP contribution in [-0.4, -0.2) is 45.7 Å². The Labute approximate surface area is 113 Å². The van der Waals surface area contributed by atoms with Gasteiger partial charge in [0.1, 0.15) is 11.8 Å². The van der Waals surface area contributed by atoms with Crippen LogP contribution in [0.3, 0.4) is 0 Å². The molecule has 0 spiro atoms. The molecule has 1 aliphatic rings. The Morgan fingerprint density at radius 3 is 3.00 bits per heavy atom. The van der Waals surface area contributed by atoms with E-state index < -0.39 is 0 Å².